The number of urea groups is 1. The summed E-state index contributed by atoms with van der Waals surface area (Å²) >= 11 is 0. The fraction of sp³-hybridized carbons (Fsp3) is 0.769. The van der Waals surface area contributed by atoms with E-state index in [9.17, 15) is 14.4 Å². The molecule has 0 aromatic heterocycles. The summed E-state index contributed by atoms with van der Waals surface area (Å²) in [5.74, 6) is -1.71. The van der Waals surface area contributed by atoms with Gasteiger partial charge in [0.15, 0.2) is 0 Å². The monoisotopic (exact) mass is 302 g/mol. The molecule has 120 valence electrons. The van der Waals surface area contributed by atoms with Gasteiger partial charge in [-0.15, -0.1) is 0 Å². The molecule has 0 saturated carbocycles. The van der Waals surface area contributed by atoms with Crippen LogP contribution in [-0.4, -0.2) is 55.0 Å². The Bertz CT molecular complexity index is 392. The Hall–Kier alpha value is -1.83. The maximum absolute atomic E-state index is 11.9. The number of esters is 1. The molecule has 21 heavy (non-hydrogen) atoms. The van der Waals surface area contributed by atoms with Crippen LogP contribution in [0.15, 0.2) is 0 Å². The normalized spacial score (nSPS) is 23.0. The number of nitrogens with one attached hydrogen (secondary N) is 2. The average molecular weight is 302 g/mol. The van der Waals surface area contributed by atoms with Crippen LogP contribution in [0, 0.1) is 0 Å². The number of carbonyl (C=O) groups is 3. The van der Waals surface area contributed by atoms with Crippen LogP contribution in [0.1, 0.15) is 32.6 Å². The second kappa shape index (κ2) is 7.82. The second-order valence-electron chi connectivity index (χ2n) is 5.32. The van der Waals surface area contributed by atoms with E-state index in [2.05, 4.69) is 15.4 Å². The lowest BCUT2D eigenvalue weighted by molar-refractivity contribution is -0.142. The van der Waals surface area contributed by atoms with Crippen molar-refractivity contribution in [2.75, 3.05) is 20.3 Å². The molecule has 0 aliphatic carbocycles. The van der Waals surface area contributed by atoms with Crippen LogP contribution in [0.2, 0.25) is 0 Å². The lowest BCUT2D eigenvalue weighted by atomic mass is 9.95. The first-order valence-electron chi connectivity index (χ1n) is 6.82. The summed E-state index contributed by atoms with van der Waals surface area (Å²) in [4.78, 5) is 34.0. The predicted molar refractivity (Wildman–Crippen MR) is 72.8 cm³/mol. The molecule has 8 heteroatoms. The molecule has 1 heterocycles. The van der Waals surface area contributed by atoms with Crippen LogP contribution in [0.25, 0.3) is 0 Å². The number of aliphatic carboxylic acids is 1. The SMILES string of the molecule is COC(=O)CC[C@H](NC(=O)NC1(C)CCCOC1)C(=O)O. The zero-order chi connectivity index (χ0) is 15.9. The van der Waals surface area contributed by atoms with Gasteiger partial charge in [-0.05, 0) is 26.2 Å². The van der Waals surface area contributed by atoms with Crippen molar-refractivity contribution >= 4 is 18.0 Å². The fourth-order valence-electron chi connectivity index (χ4n) is 2.12. The van der Waals surface area contributed by atoms with Crippen molar-refractivity contribution in [2.45, 2.75) is 44.2 Å². The predicted octanol–water partition coefficient (Wildman–Crippen LogP) is 0.261. The van der Waals surface area contributed by atoms with Gasteiger partial charge in [0.05, 0.1) is 19.3 Å². The van der Waals surface area contributed by atoms with Crippen LogP contribution in [-0.2, 0) is 19.1 Å². The lowest BCUT2D eigenvalue weighted by Crippen LogP contribution is -2.57. The van der Waals surface area contributed by atoms with Crippen LogP contribution in [0.5, 0.6) is 0 Å². The number of carboxylic acid groups (broad SMARTS) is 1. The van der Waals surface area contributed by atoms with E-state index in [1.54, 1.807) is 0 Å². The summed E-state index contributed by atoms with van der Waals surface area (Å²) < 4.78 is 9.76. The smallest absolute Gasteiger partial charge is 0.326 e. The van der Waals surface area contributed by atoms with Gasteiger partial charge >= 0.3 is 18.0 Å². The summed E-state index contributed by atoms with van der Waals surface area (Å²) in [6.07, 6.45) is 1.50. The number of rotatable bonds is 6. The van der Waals surface area contributed by atoms with Crippen LogP contribution in [0.3, 0.4) is 0 Å². The number of carboxylic acids is 1. The maximum atomic E-state index is 11.9. The first-order chi connectivity index (χ1) is 9.86. The largest absolute Gasteiger partial charge is 0.480 e. The van der Waals surface area contributed by atoms with E-state index in [1.807, 2.05) is 6.92 Å². The fourth-order valence-corrected chi connectivity index (χ4v) is 2.12. The highest BCUT2D eigenvalue weighted by molar-refractivity contribution is 5.83. The average Bonchev–Trinajstić information content (AvgIpc) is 2.42. The van der Waals surface area contributed by atoms with Crippen molar-refractivity contribution in [2.24, 2.45) is 0 Å². The van der Waals surface area contributed by atoms with Gasteiger partial charge in [0, 0.05) is 13.0 Å². The third-order valence-corrected chi connectivity index (χ3v) is 3.32. The van der Waals surface area contributed by atoms with Crippen LogP contribution >= 0.6 is 0 Å². The highest BCUT2D eigenvalue weighted by atomic mass is 16.5. The van der Waals surface area contributed by atoms with E-state index in [0.29, 0.717) is 13.2 Å². The maximum Gasteiger partial charge on any atom is 0.326 e. The van der Waals surface area contributed by atoms with Crippen molar-refractivity contribution in [1.82, 2.24) is 10.6 Å². The Kier molecular flexibility index (Phi) is 6.41. The molecule has 0 radical (unpaired) electrons. The molecule has 3 N–H and O–H groups in total. The molecule has 8 nitrogen and oxygen atoms in total. The number of hydrogen-bond acceptors (Lipinski definition) is 5. The lowest BCUT2D eigenvalue weighted by Gasteiger charge is -2.34. The second-order valence-corrected chi connectivity index (χ2v) is 5.32. The van der Waals surface area contributed by atoms with Gasteiger partial charge in [-0.25, -0.2) is 9.59 Å². The van der Waals surface area contributed by atoms with Crippen LogP contribution < -0.4 is 10.6 Å². The van der Waals surface area contributed by atoms with E-state index in [0.717, 1.165) is 12.8 Å². The molecule has 1 saturated heterocycles. The van der Waals surface area contributed by atoms with Gasteiger partial charge in [0.1, 0.15) is 6.04 Å². The zero-order valence-corrected chi connectivity index (χ0v) is 12.3. The van der Waals surface area contributed by atoms with E-state index in [-0.39, 0.29) is 12.8 Å². The highest BCUT2D eigenvalue weighted by Crippen LogP contribution is 2.18. The molecule has 2 atom stereocenters. The molecule has 1 aliphatic heterocycles. The Balaban J connectivity index is 2.48. The van der Waals surface area contributed by atoms with Gasteiger partial charge in [-0.3, -0.25) is 4.79 Å². The molecule has 1 aliphatic rings. The Labute approximate surface area is 123 Å². The van der Waals surface area contributed by atoms with Gasteiger partial charge in [0.2, 0.25) is 0 Å². The van der Waals surface area contributed by atoms with Crippen molar-refractivity contribution < 1.29 is 29.0 Å². The molecular weight excluding hydrogens is 280 g/mol. The van der Waals surface area contributed by atoms with Crippen molar-refractivity contribution in [3.8, 4) is 0 Å². The minimum Gasteiger partial charge on any atom is -0.480 e. The first-order valence-corrected chi connectivity index (χ1v) is 6.82. The molecule has 0 aromatic rings. The van der Waals surface area contributed by atoms with Gasteiger partial charge in [0.25, 0.3) is 0 Å². The standard InChI is InChI=1S/C13H22N2O6/c1-13(6-3-7-21-8-13)15-12(19)14-9(11(17)18)4-5-10(16)20-2/h9H,3-8H2,1-2H3,(H,17,18)(H2,14,15,19)/t9-,13?/m0/s1. The number of amides is 2. The quantitative estimate of drug-likeness (QED) is 0.606. The van der Waals surface area contributed by atoms with Gasteiger partial charge < -0.3 is 25.2 Å². The molecule has 0 bridgehead atoms. The summed E-state index contributed by atoms with van der Waals surface area (Å²) in [7, 11) is 1.22. The number of methoxy groups -OCH3 is 1. The summed E-state index contributed by atoms with van der Waals surface area (Å²) in [6.45, 7) is 2.89. The van der Waals surface area contributed by atoms with Crippen LogP contribution in [0.4, 0.5) is 4.79 Å². The number of carbonyl (C=O) groups excluding carboxylic acids is 2. The Morgan fingerprint density at radius 1 is 1.43 bits per heavy atom. The van der Waals surface area contributed by atoms with E-state index < -0.39 is 29.6 Å². The van der Waals surface area contributed by atoms with Crippen molar-refractivity contribution in [3.63, 3.8) is 0 Å². The molecule has 2 amide bonds. The van der Waals surface area contributed by atoms with Gasteiger partial charge in [-0.1, -0.05) is 0 Å². The van der Waals surface area contributed by atoms with E-state index >= 15 is 0 Å². The highest BCUT2D eigenvalue weighted by Gasteiger charge is 2.30. The zero-order valence-electron chi connectivity index (χ0n) is 12.3. The van der Waals surface area contributed by atoms with Crippen molar-refractivity contribution in [1.29, 1.82) is 0 Å². The molecule has 1 fully saturated rings. The molecule has 0 spiro atoms. The van der Waals surface area contributed by atoms with Gasteiger partial charge in [-0.2, -0.15) is 0 Å². The summed E-state index contributed by atoms with van der Waals surface area (Å²) in [6, 6.07) is -1.72. The number of ether oxygens (including phenoxy) is 2. The van der Waals surface area contributed by atoms with E-state index in [4.69, 9.17) is 9.84 Å². The third-order valence-electron chi connectivity index (χ3n) is 3.32. The molecule has 1 rings (SSSR count). The Morgan fingerprint density at radius 3 is 2.67 bits per heavy atom. The minimum atomic E-state index is -1.20. The topological polar surface area (TPSA) is 114 Å². The Morgan fingerprint density at radius 2 is 2.14 bits per heavy atom. The third kappa shape index (κ3) is 5.99. The van der Waals surface area contributed by atoms with Crippen molar-refractivity contribution in [3.05, 3.63) is 0 Å². The summed E-state index contributed by atoms with van der Waals surface area (Å²) in [5.41, 5.74) is -0.506. The van der Waals surface area contributed by atoms with E-state index in [1.165, 1.54) is 7.11 Å². The number of hydrogen-bond donors (Lipinski definition) is 3. The first kappa shape index (κ1) is 17.2. The minimum absolute atomic E-state index is 0.0252. The summed E-state index contributed by atoms with van der Waals surface area (Å²) in [5, 5.41) is 14.1. The molecular formula is C13H22N2O6. The molecule has 0 aromatic carbocycles. The molecule has 1 unspecified atom stereocenters.